The predicted molar refractivity (Wildman–Crippen MR) is 48.5 cm³/mol. The maximum atomic E-state index is 9.53. The highest BCUT2D eigenvalue weighted by Crippen LogP contribution is 2.07. The van der Waals surface area contributed by atoms with E-state index in [1.165, 1.54) is 0 Å². The summed E-state index contributed by atoms with van der Waals surface area (Å²) in [6.07, 6.45) is 0. The molecule has 3 heteroatoms. The van der Waals surface area contributed by atoms with E-state index in [1.807, 2.05) is 13.8 Å². The van der Waals surface area contributed by atoms with Crippen LogP contribution < -0.4 is 5.32 Å². The number of hydrogen-bond donors (Lipinski definition) is 2. The molecule has 2 N–H and O–H groups in total. The highest BCUT2D eigenvalue weighted by Gasteiger charge is 2.21. The summed E-state index contributed by atoms with van der Waals surface area (Å²) in [4.78, 5) is 0. The molecule has 0 aromatic carbocycles. The van der Waals surface area contributed by atoms with Gasteiger partial charge in [-0.05, 0) is 27.7 Å². The molecule has 0 fully saturated rings. The lowest BCUT2D eigenvalue weighted by Gasteiger charge is -2.27. The molecule has 0 radical (unpaired) electrons. The second kappa shape index (κ2) is 4.44. The van der Waals surface area contributed by atoms with E-state index in [0.29, 0.717) is 6.54 Å². The van der Waals surface area contributed by atoms with Gasteiger partial charge in [-0.3, -0.25) is 0 Å². The Morgan fingerprint density at radius 1 is 1.50 bits per heavy atom. The van der Waals surface area contributed by atoms with Crippen molar-refractivity contribution in [2.45, 2.75) is 39.3 Å². The summed E-state index contributed by atoms with van der Waals surface area (Å²) in [7, 11) is 0. The highest BCUT2D eigenvalue weighted by atomic mass is 16.3. The van der Waals surface area contributed by atoms with Gasteiger partial charge in [0, 0.05) is 12.6 Å². The maximum absolute atomic E-state index is 9.53. The molecule has 0 aliphatic rings. The van der Waals surface area contributed by atoms with Gasteiger partial charge in [0.2, 0.25) is 0 Å². The molecule has 0 saturated carbocycles. The number of aliphatic hydroxyl groups is 1. The zero-order chi connectivity index (χ0) is 9.78. The van der Waals surface area contributed by atoms with Crippen LogP contribution in [0, 0.1) is 17.2 Å². The van der Waals surface area contributed by atoms with E-state index < -0.39 is 5.60 Å². The molecular formula is C9H18N2O. The molecule has 0 aromatic heterocycles. The SMILES string of the molecule is CC(C#N)CNC(C)C(C)(C)O. The molecule has 3 nitrogen and oxygen atoms in total. The van der Waals surface area contributed by atoms with Crippen molar-refractivity contribution in [2.75, 3.05) is 6.54 Å². The highest BCUT2D eigenvalue weighted by molar-refractivity contribution is 4.85. The van der Waals surface area contributed by atoms with Gasteiger partial charge in [-0.15, -0.1) is 0 Å². The van der Waals surface area contributed by atoms with Crippen LogP contribution in [-0.4, -0.2) is 23.3 Å². The van der Waals surface area contributed by atoms with E-state index in [9.17, 15) is 5.11 Å². The third-order valence-corrected chi connectivity index (χ3v) is 2.01. The fourth-order valence-corrected chi connectivity index (χ4v) is 0.649. The van der Waals surface area contributed by atoms with Gasteiger partial charge in [0.25, 0.3) is 0 Å². The lowest BCUT2D eigenvalue weighted by molar-refractivity contribution is 0.0438. The zero-order valence-corrected chi connectivity index (χ0v) is 8.26. The molecule has 2 unspecified atom stereocenters. The van der Waals surface area contributed by atoms with Crippen LogP contribution in [0.2, 0.25) is 0 Å². The first-order valence-electron chi connectivity index (χ1n) is 4.23. The van der Waals surface area contributed by atoms with E-state index >= 15 is 0 Å². The monoisotopic (exact) mass is 170 g/mol. The fourth-order valence-electron chi connectivity index (χ4n) is 0.649. The zero-order valence-electron chi connectivity index (χ0n) is 8.26. The smallest absolute Gasteiger partial charge is 0.0741 e. The van der Waals surface area contributed by atoms with Gasteiger partial charge < -0.3 is 10.4 Å². The van der Waals surface area contributed by atoms with Gasteiger partial charge in [-0.2, -0.15) is 5.26 Å². The molecule has 12 heavy (non-hydrogen) atoms. The summed E-state index contributed by atoms with van der Waals surface area (Å²) in [5, 5.41) is 21.1. The van der Waals surface area contributed by atoms with Crippen LogP contribution in [0.4, 0.5) is 0 Å². The van der Waals surface area contributed by atoms with Gasteiger partial charge in [0.05, 0.1) is 17.6 Å². The van der Waals surface area contributed by atoms with E-state index in [1.54, 1.807) is 13.8 Å². The van der Waals surface area contributed by atoms with Crippen molar-refractivity contribution < 1.29 is 5.11 Å². The number of rotatable bonds is 4. The van der Waals surface area contributed by atoms with Gasteiger partial charge in [0.1, 0.15) is 0 Å². The third kappa shape index (κ3) is 4.32. The second-order valence-corrected chi connectivity index (χ2v) is 3.81. The van der Waals surface area contributed by atoms with Crippen molar-refractivity contribution >= 4 is 0 Å². The summed E-state index contributed by atoms with van der Waals surface area (Å²) in [5.41, 5.74) is -0.727. The number of hydrogen-bond acceptors (Lipinski definition) is 3. The van der Waals surface area contributed by atoms with Crippen LogP contribution in [0.1, 0.15) is 27.7 Å². The molecule has 70 valence electrons. The van der Waals surface area contributed by atoms with Crippen molar-refractivity contribution in [3.63, 3.8) is 0 Å². The predicted octanol–water partition coefficient (Wildman–Crippen LogP) is 0.895. The first kappa shape index (κ1) is 11.4. The van der Waals surface area contributed by atoms with Crippen molar-refractivity contribution in [1.82, 2.24) is 5.32 Å². The molecule has 0 saturated heterocycles. The Labute approximate surface area is 74.4 Å². The van der Waals surface area contributed by atoms with E-state index in [2.05, 4.69) is 11.4 Å². The minimum atomic E-state index is -0.727. The average Bonchev–Trinajstić information content (AvgIpc) is 1.97. The molecular weight excluding hydrogens is 152 g/mol. The number of nitrogens with zero attached hydrogens (tertiary/aromatic N) is 1. The fraction of sp³-hybridized carbons (Fsp3) is 0.889. The quantitative estimate of drug-likeness (QED) is 0.659. The van der Waals surface area contributed by atoms with Crippen LogP contribution in [0.3, 0.4) is 0 Å². The van der Waals surface area contributed by atoms with Crippen LogP contribution in [0.5, 0.6) is 0 Å². The summed E-state index contributed by atoms with van der Waals surface area (Å²) in [5.74, 6) is -0.00481. The third-order valence-electron chi connectivity index (χ3n) is 2.01. The van der Waals surface area contributed by atoms with Crippen LogP contribution in [0.15, 0.2) is 0 Å². The van der Waals surface area contributed by atoms with E-state index in [-0.39, 0.29) is 12.0 Å². The van der Waals surface area contributed by atoms with E-state index in [0.717, 1.165) is 0 Å². The number of nitriles is 1. The summed E-state index contributed by atoms with van der Waals surface area (Å²) < 4.78 is 0. The molecule has 2 atom stereocenters. The number of nitrogens with one attached hydrogen (secondary N) is 1. The van der Waals surface area contributed by atoms with E-state index in [4.69, 9.17) is 5.26 Å². The Balaban J connectivity index is 3.74. The standard InChI is InChI=1S/C9H18N2O/c1-7(5-10)6-11-8(2)9(3,4)12/h7-8,11-12H,6H2,1-4H3. The molecule has 0 amide bonds. The topological polar surface area (TPSA) is 56.0 Å². The van der Waals surface area contributed by atoms with Gasteiger partial charge in [-0.1, -0.05) is 0 Å². The van der Waals surface area contributed by atoms with Crippen molar-refractivity contribution in [3.05, 3.63) is 0 Å². The first-order valence-corrected chi connectivity index (χ1v) is 4.23. The normalized spacial score (nSPS) is 16.7. The molecule has 0 heterocycles. The van der Waals surface area contributed by atoms with Crippen LogP contribution >= 0.6 is 0 Å². The molecule has 0 aromatic rings. The average molecular weight is 170 g/mol. The Kier molecular flexibility index (Phi) is 4.22. The first-order chi connectivity index (χ1) is 5.38. The Hall–Kier alpha value is -0.590. The Morgan fingerprint density at radius 3 is 2.33 bits per heavy atom. The summed E-state index contributed by atoms with van der Waals surface area (Å²) >= 11 is 0. The van der Waals surface area contributed by atoms with Crippen molar-refractivity contribution in [1.29, 1.82) is 5.26 Å². The van der Waals surface area contributed by atoms with Gasteiger partial charge in [0.15, 0.2) is 0 Å². The Morgan fingerprint density at radius 2 is 2.00 bits per heavy atom. The van der Waals surface area contributed by atoms with Crippen LogP contribution in [0.25, 0.3) is 0 Å². The molecule has 0 aliphatic carbocycles. The largest absolute Gasteiger partial charge is 0.389 e. The molecule has 0 spiro atoms. The maximum Gasteiger partial charge on any atom is 0.0741 e. The van der Waals surface area contributed by atoms with Crippen LogP contribution in [-0.2, 0) is 0 Å². The second-order valence-electron chi connectivity index (χ2n) is 3.81. The lowest BCUT2D eigenvalue weighted by Crippen LogP contribution is -2.45. The minimum absolute atomic E-state index is 0.00481. The lowest BCUT2D eigenvalue weighted by atomic mass is 10.0. The van der Waals surface area contributed by atoms with Crippen molar-refractivity contribution in [3.8, 4) is 6.07 Å². The van der Waals surface area contributed by atoms with Gasteiger partial charge >= 0.3 is 0 Å². The van der Waals surface area contributed by atoms with Gasteiger partial charge in [-0.25, -0.2) is 0 Å². The molecule has 0 bridgehead atoms. The van der Waals surface area contributed by atoms with Crippen molar-refractivity contribution in [2.24, 2.45) is 5.92 Å². The minimum Gasteiger partial charge on any atom is -0.389 e. The molecule has 0 rings (SSSR count). The Bertz CT molecular complexity index is 166. The molecule has 0 aliphatic heterocycles. The summed E-state index contributed by atoms with van der Waals surface area (Å²) in [6, 6.07) is 2.14. The summed E-state index contributed by atoms with van der Waals surface area (Å²) in [6.45, 7) is 7.89.